The Morgan fingerprint density at radius 1 is 1.05 bits per heavy atom. The zero-order chi connectivity index (χ0) is 14.2. The molecule has 1 saturated heterocycles. The lowest BCUT2D eigenvalue weighted by molar-refractivity contribution is -0.498. The van der Waals surface area contributed by atoms with Crippen LogP contribution < -0.4 is 0 Å². The minimum Gasteiger partial charge on any atom is -0.330 e. The van der Waals surface area contributed by atoms with Crippen molar-refractivity contribution >= 4 is 0 Å². The predicted octanol–water partition coefficient (Wildman–Crippen LogP) is -0.176. The molecular formula is C8H5N3O8. The molecule has 100 valence electrons. The number of hydrogen-bond acceptors (Lipinski definition) is 8. The quantitative estimate of drug-likeness (QED) is 0.390. The van der Waals surface area contributed by atoms with Crippen LogP contribution in [0.5, 0.6) is 0 Å². The van der Waals surface area contributed by atoms with Crippen LogP contribution in [0.1, 0.15) is 0 Å². The van der Waals surface area contributed by atoms with Crippen molar-refractivity contribution in [2.75, 3.05) is 13.2 Å². The van der Waals surface area contributed by atoms with Crippen LogP contribution in [0.3, 0.4) is 0 Å². The number of nitrogens with zero attached hydrogens (tertiary/aromatic N) is 3. The first-order valence-electron chi connectivity index (χ1n) is 4.83. The van der Waals surface area contributed by atoms with Gasteiger partial charge in [0.05, 0.1) is 28.0 Å². The molecule has 0 atom stereocenters. The molecule has 1 heterocycles. The zero-order valence-corrected chi connectivity index (χ0v) is 9.10. The third-order valence-corrected chi connectivity index (χ3v) is 2.44. The molecule has 0 unspecified atom stereocenters. The summed E-state index contributed by atoms with van der Waals surface area (Å²) in [6.45, 7) is -0.226. The van der Waals surface area contributed by atoms with E-state index in [9.17, 15) is 30.3 Å². The Morgan fingerprint density at radius 3 is 2.05 bits per heavy atom. The van der Waals surface area contributed by atoms with Crippen LogP contribution in [0.4, 0.5) is 0 Å². The van der Waals surface area contributed by atoms with Gasteiger partial charge in [0.15, 0.2) is 0 Å². The van der Waals surface area contributed by atoms with E-state index < -0.39 is 37.6 Å². The second-order valence-electron chi connectivity index (χ2n) is 3.47. The second-order valence-corrected chi connectivity index (χ2v) is 3.47. The average molecular weight is 271 g/mol. The van der Waals surface area contributed by atoms with Gasteiger partial charge in [0, 0.05) is 5.73 Å². The summed E-state index contributed by atoms with van der Waals surface area (Å²) >= 11 is 0. The fourth-order valence-electron chi connectivity index (χ4n) is 1.72. The van der Waals surface area contributed by atoms with Gasteiger partial charge in [-0.1, -0.05) is 0 Å². The van der Waals surface area contributed by atoms with Crippen LogP contribution in [0.25, 0.3) is 0 Å². The largest absolute Gasteiger partial charge is 0.366 e. The van der Waals surface area contributed by atoms with Gasteiger partial charge in [-0.25, -0.2) is 0 Å². The van der Waals surface area contributed by atoms with Crippen LogP contribution in [-0.4, -0.2) is 33.8 Å². The Bertz CT molecular complexity index is 579. The Hall–Kier alpha value is -2.62. The first-order chi connectivity index (χ1) is 8.88. The summed E-state index contributed by atoms with van der Waals surface area (Å²) in [5, 5.41) is 32.5. The van der Waals surface area contributed by atoms with E-state index in [2.05, 4.69) is 0 Å². The molecule has 2 rings (SSSR count). The summed E-state index contributed by atoms with van der Waals surface area (Å²) in [7, 11) is 0. The maximum atomic E-state index is 10.9. The van der Waals surface area contributed by atoms with E-state index >= 15 is 0 Å². The van der Waals surface area contributed by atoms with Gasteiger partial charge in [-0.15, -0.1) is 0 Å². The highest BCUT2D eigenvalue weighted by Crippen LogP contribution is 2.38. The van der Waals surface area contributed by atoms with Crippen molar-refractivity contribution in [1.82, 2.24) is 0 Å². The van der Waals surface area contributed by atoms with Crippen molar-refractivity contribution in [3.63, 3.8) is 0 Å². The third kappa shape index (κ3) is 1.87. The Morgan fingerprint density at radius 2 is 1.63 bits per heavy atom. The zero-order valence-electron chi connectivity index (χ0n) is 9.10. The normalized spacial score (nSPS) is 20.5. The summed E-state index contributed by atoms with van der Waals surface area (Å²) in [5.74, 6) is -2.34. The predicted molar refractivity (Wildman–Crippen MR) is 54.2 cm³/mol. The van der Waals surface area contributed by atoms with E-state index in [1.807, 2.05) is 5.73 Å². The van der Waals surface area contributed by atoms with E-state index in [4.69, 9.17) is 9.47 Å². The Balaban J connectivity index is 2.72. The fourth-order valence-corrected chi connectivity index (χ4v) is 1.72. The molecule has 0 N–H and O–H groups in total. The molecule has 0 bridgehead atoms. The molecule has 0 aromatic rings. The van der Waals surface area contributed by atoms with Crippen molar-refractivity contribution in [1.29, 1.82) is 0 Å². The van der Waals surface area contributed by atoms with Gasteiger partial charge < -0.3 is 9.47 Å². The number of hydrogen-bond donors (Lipinski definition) is 0. The topological polar surface area (TPSA) is 148 Å². The molecule has 1 spiro atoms. The minimum absolute atomic E-state index is 0.113. The maximum absolute atomic E-state index is 10.9. The van der Waals surface area contributed by atoms with E-state index in [0.29, 0.717) is 6.08 Å². The van der Waals surface area contributed by atoms with Crippen LogP contribution in [-0.2, 0) is 9.47 Å². The summed E-state index contributed by atoms with van der Waals surface area (Å²) in [5.41, 5.74) is -0.949. The molecule has 11 heteroatoms. The van der Waals surface area contributed by atoms with Crippen molar-refractivity contribution in [2.45, 2.75) is 5.79 Å². The van der Waals surface area contributed by atoms with Gasteiger partial charge in [0.25, 0.3) is 0 Å². The lowest BCUT2D eigenvalue weighted by Gasteiger charge is -2.20. The van der Waals surface area contributed by atoms with Crippen molar-refractivity contribution in [3.05, 3.63) is 59.2 Å². The molecule has 2 aliphatic rings. The first-order valence-corrected chi connectivity index (χ1v) is 4.83. The molecule has 0 aromatic heterocycles. The average Bonchev–Trinajstić information content (AvgIpc) is 2.77. The van der Waals surface area contributed by atoms with Crippen LogP contribution >= 0.6 is 0 Å². The summed E-state index contributed by atoms with van der Waals surface area (Å²) in [4.78, 5) is 29.4. The molecule has 19 heavy (non-hydrogen) atoms. The van der Waals surface area contributed by atoms with Gasteiger partial charge in [0.1, 0.15) is 6.08 Å². The minimum atomic E-state index is -2.34. The van der Waals surface area contributed by atoms with Crippen LogP contribution in [0.15, 0.2) is 28.9 Å². The molecule has 1 fully saturated rings. The first kappa shape index (κ1) is 12.8. The second kappa shape index (κ2) is 4.24. The molecule has 1 aliphatic carbocycles. The molecule has 11 nitrogen and oxygen atoms in total. The molecule has 0 radical (unpaired) electrons. The highest BCUT2D eigenvalue weighted by molar-refractivity contribution is 5.32. The lowest BCUT2D eigenvalue weighted by atomic mass is 10.0. The van der Waals surface area contributed by atoms with Gasteiger partial charge in [-0.05, 0) is 0 Å². The number of rotatable bonds is 3. The van der Waals surface area contributed by atoms with Crippen molar-refractivity contribution in [2.24, 2.45) is 0 Å². The van der Waals surface area contributed by atoms with Crippen molar-refractivity contribution < 1.29 is 24.2 Å². The van der Waals surface area contributed by atoms with Crippen molar-refractivity contribution in [3.8, 4) is 0 Å². The Kier molecular flexibility index (Phi) is 2.86. The van der Waals surface area contributed by atoms with Gasteiger partial charge in [0.2, 0.25) is 0 Å². The Labute approximate surface area is 103 Å². The lowest BCUT2D eigenvalue weighted by Crippen LogP contribution is -2.42. The molecule has 0 amide bonds. The molecule has 1 aliphatic heterocycles. The standard InChI is InChI=1S/C8H5N3O8/c12-9(13)5-3-6(10(14)15)8(18-1-2-19-8)7(4-5)11(16)17/h3H,1-2H2. The van der Waals surface area contributed by atoms with E-state index in [1.54, 1.807) is 0 Å². The van der Waals surface area contributed by atoms with E-state index in [1.165, 1.54) is 0 Å². The van der Waals surface area contributed by atoms with Gasteiger partial charge in [-0.3, -0.25) is 30.3 Å². The highest BCUT2D eigenvalue weighted by atomic mass is 16.8. The summed E-state index contributed by atoms with van der Waals surface area (Å²) in [6, 6.07) is 0. The number of ether oxygens (including phenoxy) is 2. The molecular weight excluding hydrogens is 266 g/mol. The molecule has 0 aromatic carbocycles. The van der Waals surface area contributed by atoms with E-state index in [-0.39, 0.29) is 13.2 Å². The SMILES string of the molecule is O=[N+]([O-])C1=C=C([N+](=O)[O-])C2(OCCO2)C([N+](=O)[O-])=C1. The fraction of sp³-hybridized carbons (Fsp3) is 0.375. The van der Waals surface area contributed by atoms with Crippen LogP contribution in [0, 0.1) is 30.3 Å². The van der Waals surface area contributed by atoms with Gasteiger partial charge >= 0.3 is 22.9 Å². The summed E-state index contributed by atoms with van der Waals surface area (Å²) < 4.78 is 9.90. The number of nitro groups is 3. The van der Waals surface area contributed by atoms with Crippen LogP contribution in [0.2, 0.25) is 0 Å². The third-order valence-electron chi connectivity index (χ3n) is 2.44. The highest BCUT2D eigenvalue weighted by Gasteiger charge is 2.61. The maximum Gasteiger partial charge on any atom is 0.366 e. The monoisotopic (exact) mass is 271 g/mol. The smallest absolute Gasteiger partial charge is 0.330 e. The molecule has 0 saturated carbocycles. The van der Waals surface area contributed by atoms with E-state index in [0.717, 1.165) is 0 Å². The van der Waals surface area contributed by atoms with Gasteiger partial charge in [-0.2, -0.15) is 0 Å². The summed E-state index contributed by atoms with van der Waals surface area (Å²) in [6.07, 6.45) is 0.540.